The monoisotopic (exact) mass is 435 g/mol. The lowest BCUT2D eigenvalue weighted by Crippen LogP contribution is -2.51. The van der Waals surface area contributed by atoms with Gasteiger partial charge in [0.25, 0.3) is 5.91 Å². The lowest BCUT2D eigenvalue weighted by Gasteiger charge is -2.36. The van der Waals surface area contributed by atoms with E-state index in [-0.39, 0.29) is 24.1 Å². The molecule has 32 heavy (non-hydrogen) atoms. The summed E-state index contributed by atoms with van der Waals surface area (Å²) >= 11 is 0. The van der Waals surface area contributed by atoms with Crippen molar-refractivity contribution < 1.29 is 18.5 Å². The fourth-order valence-electron chi connectivity index (χ4n) is 3.97. The molecule has 9 nitrogen and oxygen atoms in total. The number of benzene rings is 1. The van der Waals surface area contributed by atoms with E-state index in [9.17, 15) is 9.59 Å². The molecule has 0 spiro atoms. The first-order chi connectivity index (χ1) is 15.7. The largest absolute Gasteiger partial charge is 0.459 e. The van der Waals surface area contributed by atoms with E-state index in [1.807, 2.05) is 12.1 Å². The van der Waals surface area contributed by atoms with Crippen LogP contribution in [0.25, 0.3) is 11.4 Å². The van der Waals surface area contributed by atoms with Gasteiger partial charge >= 0.3 is 0 Å². The highest BCUT2D eigenvalue weighted by molar-refractivity contribution is 5.94. The van der Waals surface area contributed by atoms with Gasteiger partial charge in [0.2, 0.25) is 17.6 Å². The van der Waals surface area contributed by atoms with E-state index in [1.165, 1.54) is 12.7 Å². The van der Waals surface area contributed by atoms with E-state index >= 15 is 0 Å². The maximum atomic E-state index is 12.4. The highest BCUT2D eigenvalue weighted by atomic mass is 16.5. The second-order valence-electron chi connectivity index (χ2n) is 8.16. The first-order valence-corrected chi connectivity index (χ1v) is 11.0. The Bertz CT molecular complexity index is 1060. The highest BCUT2D eigenvalue weighted by Gasteiger charge is 2.26. The molecule has 1 aliphatic heterocycles. The van der Waals surface area contributed by atoms with Gasteiger partial charge in [-0.05, 0) is 49.2 Å². The normalized spacial score (nSPS) is 16.6. The van der Waals surface area contributed by atoms with Crippen LogP contribution in [0.3, 0.4) is 0 Å². The lowest BCUT2D eigenvalue weighted by molar-refractivity contribution is -0.130. The number of furan rings is 1. The number of anilines is 1. The molecule has 2 aliphatic rings. The van der Waals surface area contributed by atoms with Gasteiger partial charge in [-0.15, -0.1) is 0 Å². The molecule has 0 bridgehead atoms. The van der Waals surface area contributed by atoms with E-state index in [0.29, 0.717) is 24.8 Å². The SMILES string of the molecule is O=C(NCC(=O)N1CCN(c2ccc(-c3noc(C4CCC4)n3)cc2)CC1)c1ccco1. The van der Waals surface area contributed by atoms with Gasteiger partial charge in [-0.3, -0.25) is 9.59 Å². The average Bonchev–Trinajstić information content (AvgIpc) is 3.49. The van der Waals surface area contributed by atoms with Crippen molar-refractivity contribution in [1.29, 1.82) is 0 Å². The van der Waals surface area contributed by atoms with Gasteiger partial charge in [-0.25, -0.2) is 0 Å². The molecule has 5 rings (SSSR count). The number of nitrogens with one attached hydrogen (secondary N) is 1. The van der Waals surface area contributed by atoms with E-state index in [4.69, 9.17) is 8.94 Å². The van der Waals surface area contributed by atoms with Crippen molar-refractivity contribution in [2.75, 3.05) is 37.6 Å². The number of aromatic nitrogens is 2. The first-order valence-electron chi connectivity index (χ1n) is 11.0. The number of nitrogens with zero attached hydrogens (tertiary/aromatic N) is 4. The second-order valence-corrected chi connectivity index (χ2v) is 8.16. The molecule has 2 amide bonds. The average molecular weight is 435 g/mol. The topological polar surface area (TPSA) is 105 Å². The molecule has 1 N–H and O–H groups in total. The number of amides is 2. The highest BCUT2D eigenvalue weighted by Crippen LogP contribution is 2.36. The van der Waals surface area contributed by atoms with Crippen LogP contribution in [0.1, 0.15) is 41.6 Å². The van der Waals surface area contributed by atoms with Crippen LogP contribution < -0.4 is 10.2 Å². The van der Waals surface area contributed by atoms with Crippen molar-refractivity contribution in [3.05, 3.63) is 54.3 Å². The van der Waals surface area contributed by atoms with Crippen LogP contribution in [0.5, 0.6) is 0 Å². The molecule has 0 radical (unpaired) electrons. The third kappa shape index (κ3) is 4.23. The molecule has 0 unspecified atom stereocenters. The Morgan fingerprint density at radius 1 is 1.06 bits per heavy atom. The van der Waals surface area contributed by atoms with Crippen molar-refractivity contribution in [1.82, 2.24) is 20.4 Å². The fourth-order valence-corrected chi connectivity index (χ4v) is 3.97. The number of rotatable bonds is 6. The van der Waals surface area contributed by atoms with E-state index in [2.05, 4.69) is 32.5 Å². The molecule has 166 valence electrons. The van der Waals surface area contributed by atoms with Crippen LogP contribution in [-0.4, -0.2) is 59.6 Å². The van der Waals surface area contributed by atoms with Crippen molar-refractivity contribution in [3.63, 3.8) is 0 Å². The Kier molecular flexibility index (Phi) is 5.62. The standard InChI is InChI=1S/C23H25N5O4/c29-20(15-24-22(30)19-5-2-14-31-19)28-12-10-27(11-13-28)18-8-6-16(7-9-18)21-25-23(32-26-21)17-3-1-4-17/h2,5-9,14,17H,1,3-4,10-13,15H2,(H,24,30). The van der Waals surface area contributed by atoms with Gasteiger partial charge < -0.3 is 24.1 Å². The number of hydrogen-bond donors (Lipinski definition) is 1. The Morgan fingerprint density at radius 3 is 2.50 bits per heavy atom. The fraction of sp³-hybridized carbons (Fsp3) is 0.391. The molecule has 3 aromatic rings. The molecule has 2 fully saturated rings. The minimum absolute atomic E-state index is 0.0399. The Hall–Kier alpha value is -3.62. The van der Waals surface area contributed by atoms with Crippen molar-refractivity contribution >= 4 is 17.5 Å². The Labute approximate surface area is 185 Å². The summed E-state index contributed by atoms with van der Waals surface area (Å²) in [4.78, 5) is 32.9. The number of carbonyl (C=O) groups excluding carboxylic acids is 2. The third-order valence-corrected chi connectivity index (χ3v) is 6.16. The summed E-state index contributed by atoms with van der Waals surface area (Å²) < 4.78 is 10.5. The quantitative estimate of drug-likeness (QED) is 0.635. The van der Waals surface area contributed by atoms with E-state index in [1.54, 1.807) is 17.0 Å². The summed E-state index contributed by atoms with van der Waals surface area (Å²) in [5, 5.41) is 6.73. The third-order valence-electron chi connectivity index (χ3n) is 6.16. The van der Waals surface area contributed by atoms with Crippen LogP contribution >= 0.6 is 0 Å². The molecule has 1 saturated carbocycles. The van der Waals surface area contributed by atoms with Crippen LogP contribution in [0.4, 0.5) is 5.69 Å². The molecule has 1 aliphatic carbocycles. The first kappa shape index (κ1) is 20.3. The van der Waals surface area contributed by atoms with Crippen molar-refractivity contribution in [2.45, 2.75) is 25.2 Å². The van der Waals surface area contributed by atoms with Gasteiger partial charge in [-0.2, -0.15) is 4.98 Å². The molecule has 1 saturated heterocycles. The Balaban J connectivity index is 1.12. The van der Waals surface area contributed by atoms with Gasteiger partial charge in [-0.1, -0.05) is 11.6 Å². The van der Waals surface area contributed by atoms with E-state index < -0.39 is 0 Å². The van der Waals surface area contributed by atoms with E-state index in [0.717, 1.165) is 43.1 Å². The molecule has 2 aromatic heterocycles. The maximum Gasteiger partial charge on any atom is 0.287 e. The van der Waals surface area contributed by atoms with Crippen LogP contribution in [0.15, 0.2) is 51.6 Å². The van der Waals surface area contributed by atoms with Crippen molar-refractivity contribution in [2.24, 2.45) is 0 Å². The Morgan fingerprint density at radius 2 is 1.84 bits per heavy atom. The predicted molar refractivity (Wildman–Crippen MR) is 116 cm³/mol. The molecular formula is C23H25N5O4. The van der Waals surface area contributed by atoms with Gasteiger partial charge in [0.05, 0.1) is 12.8 Å². The number of hydrogen-bond acceptors (Lipinski definition) is 7. The van der Waals surface area contributed by atoms with Crippen LogP contribution in [0, 0.1) is 0 Å². The predicted octanol–water partition coefficient (Wildman–Crippen LogP) is 2.68. The molecular weight excluding hydrogens is 410 g/mol. The molecule has 0 atom stereocenters. The zero-order valence-electron chi connectivity index (χ0n) is 17.7. The summed E-state index contributed by atoms with van der Waals surface area (Å²) in [7, 11) is 0. The van der Waals surface area contributed by atoms with Crippen LogP contribution in [0.2, 0.25) is 0 Å². The molecule has 9 heteroatoms. The van der Waals surface area contributed by atoms with Gasteiger partial charge in [0, 0.05) is 43.3 Å². The van der Waals surface area contributed by atoms with Crippen LogP contribution in [-0.2, 0) is 4.79 Å². The smallest absolute Gasteiger partial charge is 0.287 e. The molecule has 1 aromatic carbocycles. The zero-order chi connectivity index (χ0) is 21.9. The minimum Gasteiger partial charge on any atom is -0.459 e. The summed E-state index contributed by atoms with van der Waals surface area (Å²) in [6.07, 6.45) is 4.92. The second kappa shape index (κ2) is 8.86. The summed E-state index contributed by atoms with van der Waals surface area (Å²) in [5.74, 6) is 1.52. The maximum absolute atomic E-state index is 12.4. The summed E-state index contributed by atoms with van der Waals surface area (Å²) in [5.41, 5.74) is 2.03. The van der Waals surface area contributed by atoms with Crippen molar-refractivity contribution in [3.8, 4) is 11.4 Å². The summed E-state index contributed by atoms with van der Waals surface area (Å²) in [6, 6.07) is 11.3. The number of carbonyl (C=O) groups is 2. The molecule has 3 heterocycles. The minimum atomic E-state index is -0.386. The van der Waals surface area contributed by atoms with Gasteiger partial charge in [0.15, 0.2) is 5.76 Å². The zero-order valence-corrected chi connectivity index (χ0v) is 17.7. The van der Waals surface area contributed by atoms with Gasteiger partial charge in [0.1, 0.15) is 0 Å². The lowest BCUT2D eigenvalue weighted by atomic mass is 9.85. The number of piperazine rings is 1. The summed E-state index contributed by atoms with van der Waals surface area (Å²) in [6.45, 7) is 2.62.